The molecule has 3 aromatic rings. The average Bonchev–Trinajstić information content (AvgIpc) is 2.84. The summed E-state index contributed by atoms with van der Waals surface area (Å²) in [6.45, 7) is 6.04. The van der Waals surface area contributed by atoms with Crippen LogP contribution in [-0.4, -0.2) is 16.6 Å². The van der Waals surface area contributed by atoms with Gasteiger partial charge in [0.1, 0.15) is 0 Å². The lowest BCUT2D eigenvalue weighted by atomic mass is 10.1. The number of benzene rings is 2. The molecule has 0 saturated heterocycles. The van der Waals surface area contributed by atoms with Crippen molar-refractivity contribution in [2.24, 2.45) is 0 Å². The zero-order chi connectivity index (χ0) is 14.8. The molecule has 1 N–H and O–H groups in total. The molecule has 0 unspecified atom stereocenters. The maximum absolute atomic E-state index is 4.54. The fraction of sp³-hybridized carbons (Fsp3) is 0.278. The number of aromatic nitrogens is 2. The number of imidazole rings is 1. The molecule has 0 fully saturated rings. The van der Waals surface area contributed by atoms with Crippen molar-refractivity contribution in [3.05, 3.63) is 65.0 Å². The maximum atomic E-state index is 4.54. The minimum absolute atomic E-state index is 0.858. The Kier molecular flexibility index (Phi) is 3.76. The van der Waals surface area contributed by atoms with Gasteiger partial charge in [-0.15, -0.1) is 0 Å². The Morgan fingerprint density at radius 1 is 1.05 bits per heavy atom. The molecule has 0 bridgehead atoms. The second kappa shape index (κ2) is 5.70. The lowest BCUT2D eigenvalue weighted by molar-refractivity contribution is 0.770. The van der Waals surface area contributed by atoms with Gasteiger partial charge in [-0.1, -0.05) is 24.3 Å². The van der Waals surface area contributed by atoms with Crippen LogP contribution in [0.2, 0.25) is 0 Å². The van der Waals surface area contributed by atoms with Crippen molar-refractivity contribution in [2.75, 3.05) is 7.05 Å². The maximum Gasteiger partial charge on any atom is 0.0961 e. The van der Waals surface area contributed by atoms with Gasteiger partial charge in [0.2, 0.25) is 0 Å². The zero-order valence-electron chi connectivity index (χ0n) is 12.9. The Morgan fingerprint density at radius 3 is 2.52 bits per heavy atom. The standard InChI is InChI=1S/C18H21N3/c1-13-8-17-18(9-14(13)2)21(12-20-17)11-16-7-5-4-6-15(16)10-19-3/h4-9,12,19H,10-11H2,1-3H3. The van der Waals surface area contributed by atoms with Gasteiger partial charge in [-0.05, 0) is 55.3 Å². The van der Waals surface area contributed by atoms with Gasteiger partial charge in [-0.25, -0.2) is 4.98 Å². The summed E-state index contributed by atoms with van der Waals surface area (Å²) in [5.74, 6) is 0. The van der Waals surface area contributed by atoms with Gasteiger partial charge in [0, 0.05) is 13.1 Å². The van der Waals surface area contributed by atoms with Crippen molar-refractivity contribution >= 4 is 11.0 Å². The fourth-order valence-electron chi connectivity index (χ4n) is 2.70. The van der Waals surface area contributed by atoms with Crippen LogP contribution in [0, 0.1) is 13.8 Å². The van der Waals surface area contributed by atoms with E-state index in [1.807, 2.05) is 13.4 Å². The Morgan fingerprint density at radius 2 is 1.76 bits per heavy atom. The largest absolute Gasteiger partial charge is 0.326 e. The second-order valence-electron chi connectivity index (χ2n) is 5.60. The molecule has 0 aliphatic rings. The molecule has 1 heterocycles. The Balaban J connectivity index is 2.01. The first kappa shape index (κ1) is 13.8. The molecular formula is C18H21N3. The van der Waals surface area contributed by atoms with Crippen LogP contribution in [0.25, 0.3) is 11.0 Å². The lowest BCUT2D eigenvalue weighted by Gasteiger charge is -2.11. The van der Waals surface area contributed by atoms with Crippen LogP contribution in [0.5, 0.6) is 0 Å². The molecule has 0 aliphatic heterocycles. The van der Waals surface area contributed by atoms with E-state index in [0.29, 0.717) is 0 Å². The van der Waals surface area contributed by atoms with Crippen LogP contribution >= 0.6 is 0 Å². The van der Waals surface area contributed by atoms with E-state index in [9.17, 15) is 0 Å². The number of hydrogen-bond acceptors (Lipinski definition) is 2. The predicted molar refractivity (Wildman–Crippen MR) is 87.5 cm³/mol. The highest BCUT2D eigenvalue weighted by molar-refractivity contribution is 5.77. The average molecular weight is 279 g/mol. The Labute approximate surface area is 125 Å². The van der Waals surface area contributed by atoms with Crippen molar-refractivity contribution in [1.82, 2.24) is 14.9 Å². The third-order valence-electron chi connectivity index (χ3n) is 4.06. The number of nitrogens with one attached hydrogen (secondary N) is 1. The predicted octanol–water partition coefficient (Wildman–Crippen LogP) is 3.42. The molecule has 21 heavy (non-hydrogen) atoms. The van der Waals surface area contributed by atoms with Gasteiger partial charge < -0.3 is 9.88 Å². The van der Waals surface area contributed by atoms with Crippen LogP contribution in [0.4, 0.5) is 0 Å². The highest BCUT2D eigenvalue weighted by atomic mass is 15.0. The number of aryl methyl sites for hydroxylation is 2. The normalized spacial score (nSPS) is 11.2. The number of nitrogens with zero attached hydrogens (tertiary/aromatic N) is 2. The summed E-state index contributed by atoms with van der Waals surface area (Å²) >= 11 is 0. The van der Waals surface area contributed by atoms with Crippen LogP contribution in [0.1, 0.15) is 22.3 Å². The highest BCUT2D eigenvalue weighted by Crippen LogP contribution is 2.20. The van der Waals surface area contributed by atoms with Crippen molar-refractivity contribution in [3.8, 4) is 0 Å². The van der Waals surface area contributed by atoms with Crippen molar-refractivity contribution < 1.29 is 0 Å². The molecule has 0 saturated carbocycles. The van der Waals surface area contributed by atoms with Gasteiger partial charge in [-0.2, -0.15) is 0 Å². The molecule has 0 amide bonds. The third kappa shape index (κ3) is 2.69. The molecule has 1 aromatic heterocycles. The van der Waals surface area contributed by atoms with E-state index in [1.165, 1.54) is 27.8 Å². The van der Waals surface area contributed by atoms with Crippen LogP contribution in [-0.2, 0) is 13.1 Å². The SMILES string of the molecule is CNCc1ccccc1Cn1cnc2cc(C)c(C)cc21. The van der Waals surface area contributed by atoms with Crippen molar-refractivity contribution in [3.63, 3.8) is 0 Å². The molecule has 3 rings (SSSR count). The van der Waals surface area contributed by atoms with Crippen LogP contribution < -0.4 is 5.32 Å². The number of hydrogen-bond donors (Lipinski definition) is 1. The molecule has 0 radical (unpaired) electrons. The van der Waals surface area contributed by atoms with E-state index in [4.69, 9.17) is 0 Å². The summed E-state index contributed by atoms with van der Waals surface area (Å²) in [7, 11) is 1.98. The second-order valence-corrected chi connectivity index (χ2v) is 5.60. The number of fused-ring (bicyclic) bond motifs is 1. The summed E-state index contributed by atoms with van der Waals surface area (Å²) in [4.78, 5) is 4.54. The van der Waals surface area contributed by atoms with Crippen molar-refractivity contribution in [1.29, 1.82) is 0 Å². The van der Waals surface area contributed by atoms with Gasteiger partial charge >= 0.3 is 0 Å². The summed E-state index contributed by atoms with van der Waals surface area (Å²) in [6, 6.07) is 13.0. The third-order valence-corrected chi connectivity index (χ3v) is 4.06. The summed E-state index contributed by atoms with van der Waals surface area (Å²) in [5.41, 5.74) is 7.56. The molecule has 3 heteroatoms. The van der Waals surface area contributed by atoms with Crippen molar-refractivity contribution in [2.45, 2.75) is 26.9 Å². The van der Waals surface area contributed by atoms with Crippen LogP contribution in [0.3, 0.4) is 0 Å². The Bertz CT molecular complexity index is 771. The van der Waals surface area contributed by atoms with E-state index in [1.54, 1.807) is 0 Å². The van der Waals surface area contributed by atoms with E-state index < -0.39 is 0 Å². The van der Waals surface area contributed by atoms with E-state index in [2.05, 4.69) is 65.1 Å². The highest BCUT2D eigenvalue weighted by Gasteiger charge is 2.07. The molecule has 2 aromatic carbocycles. The van der Waals surface area contributed by atoms with E-state index in [0.717, 1.165) is 18.6 Å². The summed E-state index contributed by atoms with van der Waals surface area (Å²) in [6.07, 6.45) is 1.94. The monoisotopic (exact) mass is 279 g/mol. The van der Waals surface area contributed by atoms with Crippen LogP contribution in [0.15, 0.2) is 42.7 Å². The smallest absolute Gasteiger partial charge is 0.0961 e. The fourth-order valence-corrected chi connectivity index (χ4v) is 2.70. The first-order valence-corrected chi connectivity index (χ1v) is 7.32. The summed E-state index contributed by atoms with van der Waals surface area (Å²) in [5, 5.41) is 3.23. The zero-order valence-corrected chi connectivity index (χ0v) is 12.9. The number of rotatable bonds is 4. The van der Waals surface area contributed by atoms with Gasteiger partial charge in [0.05, 0.1) is 17.4 Å². The first-order valence-electron chi connectivity index (χ1n) is 7.32. The minimum Gasteiger partial charge on any atom is -0.326 e. The molecular weight excluding hydrogens is 258 g/mol. The molecule has 0 spiro atoms. The van der Waals surface area contributed by atoms with Gasteiger partial charge in [0.25, 0.3) is 0 Å². The topological polar surface area (TPSA) is 29.9 Å². The van der Waals surface area contributed by atoms with Gasteiger partial charge in [0.15, 0.2) is 0 Å². The first-order chi connectivity index (χ1) is 10.2. The van der Waals surface area contributed by atoms with Gasteiger partial charge in [-0.3, -0.25) is 0 Å². The molecule has 0 atom stereocenters. The molecule has 3 nitrogen and oxygen atoms in total. The Hall–Kier alpha value is -2.13. The molecule has 0 aliphatic carbocycles. The lowest BCUT2D eigenvalue weighted by Crippen LogP contribution is -2.09. The minimum atomic E-state index is 0.858. The molecule has 108 valence electrons. The van der Waals surface area contributed by atoms with E-state index >= 15 is 0 Å². The van der Waals surface area contributed by atoms with E-state index in [-0.39, 0.29) is 0 Å². The summed E-state index contributed by atoms with van der Waals surface area (Å²) < 4.78 is 2.23. The quantitative estimate of drug-likeness (QED) is 0.793.